The molecule has 1 heteroatoms. The highest BCUT2D eigenvalue weighted by atomic mass is 16.1. The molecule has 0 aromatic carbocycles. The van der Waals surface area contributed by atoms with Crippen LogP contribution in [0.25, 0.3) is 0 Å². The number of carbonyl (C=O) groups excluding carboxylic acids is 1. The Labute approximate surface area is 43.0 Å². The van der Waals surface area contributed by atoms with E-state index in [0.29, 0.717) is 6.42 Å². The quantitative estimate of drug-likeness (QED) is 0.459. The summed E-state index contributed by atoms with van der Waals surface area (Å²) in [5.41, 5.74) is 0. The van der Waals surface area contributed by atoms with Gasteiger partial charge in [-0.2, -0.15) is 0 Å². The molecule has 0 heterocycles. The zero-order chi connectivity index (χ0) is 5.54. The SMILES string of the molecule is C#CC=CC[C]=O. The predicted octanol–water partition coefficient (Wildman–Crippen LogP) is 0.676. The summed E-state index contributed by atoms with van der Waals surface area (Å²) in [5.74, 6) is 2.24. The Morgan fingerprint density at radius 3 is 2.86 bits per heavy atom. The van der Waals surface area contributed by atoms with Gasteiger partial charge < -0.3 is 0 Å². The lowest BCUT2D eigenvalue weighted by Crippen LogP contribution is -1.62. The molecule has 7 heavy (non-hydrogen) atoms. The second kappa shape index (κ2) is 4.97. The van der Waals surface area contributed by atoms with Crippen LogP contribution in [-0.4, -0.2) is 6.29 Å². The topological polar surface area (TPSA) is 17.1 Å². The molecule has 0 saturated heterocycles. The van der Waals surface area contributed by atoms with Gasteiger partial charge in [-0.1, -0.05) is 12.0 Å². The van der Waals surface area contributed by atoms with Crippen LogP contribution >= 0.6 is 0 Å². The highest BCUT2D eigenvalue weighted by Crippen LogP contribution is 1.72. The first kappa shape index (κ1) is 5.97. The third-order valence-electron chi connectivity index (χ3n) is 0.415. The van der Waals surface area contributed by atoms with Gasteiger partial charge in [0.1, 0.15) is 0 Å². The Kier molecular flexibility index (Phi) is 4.24. The van der Waals surface area contributed by atoms with E-state index in [1.807, 2.05) is 0 Å². The first-order valence-electron chi connectivity index (χ1n) is 1.88. The van der Waals surface area contributed by atoms with Gasteiger partial charge in [0.15, 0.2) is 0 Å². The second-order valence-electron chi connectivity index (χ2n) is 0.917. The molecule has 0 saturated carbocycles. The summed E-state index contributed by atoms with van der Waals surface area (Å²) in [6.45, 7) is 0. The lowest BCUT2D eigenvalue weighted by atomic mass is 10.4. The molecule has 35 valence electrons. The van der Waals surface area contributed by atoms with E-state index in [1.165, 1.54) is 6.08 Å². The van der Waals surface area contributed by atoms with E-state index in [2.05, 4.69) is 5.92 Å². The van der Waals surface area contributed by atoms with Crippen molar-refractivity contribution in [3.8, 4) is 12.3 Å². The van der Waals surface area contributed by atoms with Crippen LogP contribution in [0.1, 0.15) is 6.42 Å². The van der Waals surface area contributed by atoms with Gasteiger partial charge in [-0.3, -0.25) is 4.79 Å². The van der Waals surface area contributed by atoms with Crippen molar-refractivity contribution in [2.24, 2.45) is 0 Å². The van der Waals surface area contributed by atoms with Crippen molar-refractivity contribution in [3.05, 3.63) is 12.2 Å². The van der Waals surface area contributed by atoms with Crippen molar-refractivity contribution in [2.45, 2.75) is 6.42 Å². The standard InChI is InChI=1S/C6H5O/c1-2-3-4-5-6-7/h1,3-4H,5H2. The van der Waals surface area contributed by atoms with Crippen LogP contribution in [0.15, 0.2) is 12.2 Å². The molecule has 0 N–H and O–H groups in total. The molecule has 0 atom stereocenters. The minimum absolute atomic E-state index is 0.296. The number of hydrogen-bond acceptors (Lipinski definition) is 1. The Morgan fingerprint density at radius 2 is 2.43 bits per heavy atom. The van der Waals surface area contributed by atoms with Gasteiger partial charge in [-0.05, 0) is 6.08 Å². The van der Waals surface area contributed by atoms with Gasteiger partial charge >= 0.3 is 0 Å². The smallest absolute Gasteiger partial charge is 0.202 e. The molecule has 0 aliphatic rings. The third kappa shape index (κ3) is 4.97. The summed E-state index contributed by atoms with van der Waals surface area (Å²) >= 11 is 0. The monoisotopic (exact) mass is 93.0 g/mol. The molecule has 0 fully saturated rings. The van der Waals surface area contributed by atoms with Crippen molar-refractivity contribution >= 4 is 6.29 Å². The Bertz CT molecular complexity index is 106. The van der Waals surface area contributed by atoms with Crippen molar-refractivity contribution in [2.75, 3.05) is 0 Å². The molecule has 0 unspecified atom stereocenters. The Hall–Kier alpha value is -1.03. The molecule has 0 aliphatic heterocycles. The summed E-state index contributed by atoms with van der Waals surface area (Å²) in [6, 6.07) is 0. The molecular weight excluding hydrogens is 88.1 g/mol. The van der Waals surface area contributed by atoms with Gasteiger partial charge in [-0.15, -0.1) is 6.42 Å². The molecule has 0 aliphatic carbocycles. The van der Waals surface area contributed by atoms with Gasteiger partial charge in [0.05, 0.1) is 0 Å². The van der Waals surface area contributed by atoms with Crippen molar-refractivity contribution in [1.29, 1.82) is 0 Å². The molecule has 0 bridgehead atoms. The fourth-order valence-electron chi connectivity index (χ4n) is 0.175. The maximum Gasteiger partial charge on any atom is 0.202 e. The summed E-state index contributed by atoms with van der Waals surface area (Å²) < 4.78 is 0. The Morgan fingerprint density at radius 1 is 1.71 bits per heavy atom. The molecular formula is C6H5O. The van der Waals surface area contributed by atoms with E-state index in [-0.39, 0.29) is 0 Å². The van der Waals surface area contributed by atoms with Gasteiger partial charge in [0.25, 0.3) is 0 Å². The Balaban J connectivity index is 3.14. The van der Waals surface area contributed by atoms with Gasteiger partial charge in [-0.25, -0.2) is 0 Å². The van der Waals surface area contributed by atoms with E-state index in [1.54, 1.807) is 12.4 Å². The normalized spacial score (nSPS) is 8.43. The van der Waals surface area contributed by atoms with Crippen LogP contribution in [0.5, 0.6) is 0 Å². The van der Waals surface area contributed by atoms with Crippen LogP contribution in [-0.2, 0) is 4.79 Å². The van der Waals surface area contributed by atoms with Crippen LogP contribution in [0.3, 0.4) is 0 Å². The van der Waals surface area contributed by atoms with E-state index in [4.69, 9.17) is 6.42 Å². The second-order valence-corrected chi connectivity index (χ2v) is 0.917. The van der Waals surface area contributed by atoms with Crippen molar-refractivity contribution in [3.63, 3.8) is 0 Å². The van der Waals surface area contributed by atoms with Crippen LogP contribution < -0.4 is 0 Å². The molecule has 0 amide bonds. The minimum Gasteiger partial charge on any atom is -0.291 e. The fraction of sp³-hybridized carbons (Fsp3) is 0.167. The van der Waals surface area contributed by atoms with Gasteiger partial charge in [0.2, 0.25) is 6.29 Å². The van der Waals surface area contributed by atoms with Gasteiger partial charge in [0, 0.05) is 6.42 Å². The lowest BCUT2D eigenvalue weighted by molar-refractivity contribution is 0.556. The maximum absolute atomic E-state index is 9.43. The first-order chi connectivity index (χ1) is 3.41. The van der Waals surface area contributed by atoms with Crippen molar-refractivity contribution < 1.29 is 4.79 Å². The molecule has 0 rings (SSSR count). The van der Waals surface area contributed by atoms with E-state index >= 15 is 0 Å². The zero-order valence-corrected chi connectivity index (χ0v) is 3.85. The van der Waals surface area contributed by atoms with Crippen LogP contribution in [0.4, 0.5) is 0 Å². The largest absolute Gasteiger partial charge is 0.291 e. The summed E-state index contributed by atoms with van der Waals surface area (Å²) in [6.07, 6.45) is 9.82. The molecule has 1 nitrogen and oxygen atoms in total. The number of hydrogen-bond donors (Lipinski definition) is 0. The first-order valence-corrected chi connectivity index (χ1v) is 1.88. The molecule has 0 aromatic heterocycles. The predicted molar refractivity (Wildman–Crippen MR) is 28.3 cm³/mol. The summed E-state index contributed by atoms with van der Waals surface area (Å²) in [5, 5.41) is 0. The fourth-order valence-corrected chi connectivity index (χ4v) is 0.175. The summed E-state index contributed by atoms with van der Waals surface area (Å²) in [7, 11) is 0. The third-order valence-corrected chi connectivity index (χ3v) is 0.415. The average Bonchev–Trinajstić information content (AvgIpc) is 1.69. The highest BCUT2D eigenvalue weighted by molar-refractivity contribution is 5.53. The highest BCUT2D eigenvalue weighted by Gasteiger charge is 1.67. The zero-order valence-electron chi connectivity index (χ0n) is 3.85. The van der Waals surface area contributed by atoms with Crippen LogP contribution in [0, 0.1) is 12.3 Å². The number of rotatable bonds is 2. The van der Waals surface area contributed by atoms with E-state index in [0.717, 1.165) is 0 Å². The molecule has 0 aromatic rings. The average molecular weight is 93.1 g/mol. The van der Waals surface area contributed by atoms with Crippen molar-refractivity contribution in [1.82, 2.24) is 0 Å². The van der Waals surface area contributed by atoms with E-state index < -0.39 is 0 Å². The lowest BCUT2D eigenvalue weighted by Gasteiger charge is -1.64. The molecule has 1 radical (unpaired) electrons. The maximum atomic E-state index is 9.43. The van der Waals surface area contributed by atoms with E-state index in [9.17, 15) is 4.79 Å². The van der Waals surface area contributed by atoms with Crippen LogP contribution in [0.2, 0.25) is 0 Å². The minimum atomic E-state index is 0.296. The molecule has 0 spiro atoms. The summed E-state index contributed by atoms with van der Waals surface area (Å²) in [4.78, 5) is 9.43. The number of allylic oxidation sites excluding steroid dienone is 2. The number of terminal acetylenes is 1.